The molecule has 5 aliphatic carbocycles. The molecule has 1 saturated heterocycles. The molecule has 5 unspecified atom stereocenters. The molecule has 2 aliphatic heterocycles. The second-order valence-corrected chi connectivity index (χ2v) is 14.9. The van der Waals surface area contributed by atoms with E-state index in [4.69, 9.17) is 9.47 Å². The fraction of sp³-hybridized carbons (Fsp3) is 0.476. The number of aromatic hydroxyl groups is 1. The van der Waals surface area contributed by atoms with E-state index in [0.717, 1.165) is 84.8 Å². The number of aliphatic hydroxyl groups is 1. The van der Waals surface area contributed by atoms with Crippen LogP contribution >= 0.6 is 0 Å². The first kappa shape index (κ1) is 31.4. The number of unbranched alkanes of at least 4 members (excludes halogenated alkanes) is 1. The second-order valence-electron chi connectivity index (χ2n) is 14.9. The molecule has 2 aromatic carbocycles. The van der Waals surface area contributed by atoms with Gasteiger partial charge >= 0.3 is 11.9 Å². The lowest BCUT2D eigenvalue weighted by Gasteiger charge is -2.56. The number of fused-ring (bicyclic) bond motifs is 1. The molecule has 2 aromatic rings. The van der Waals surface area contributed by atoms with Crippen molar-refractivity contribution in [2.45, 2.75) is 84.0 Å². The highest BCUT2D eigenvalue weighted by Gasteiger charge is 2.68. The van der Waals surface area contributed by atoms with Gasteiger partial charge < -0.3 is 19.7 Å². The molecule has 2 saturated carbocycles. The van der Waals surface area contributed by atoms with E-state index in [-0.39, 0.29) is 48.0 Å². The van der Waals surface area contributed by atoms with Crippen molar-refractivity contribution >= 4 is 17.5 Å². The number of aliphatic hydroxyl groups excluding tert-OH is 1. The number of carbonyl (C=O) groups excluding carboxylic acids is 2. The van der Waals surface area contributed by atoms with Crippen molar-refractivity contribution in [2.24, 2.45) is 35.0 Å². The Hall–Kier alpha value is -3.90. The van der Waals surface area contributed by atoms with Crippen LogP contribution in [0.25, 0.3) is 16.7 Å². The second kappa shape index (κ2) is 12.5. The predicted molar refractivity (Wildman–Crippen MR) is 184 cm³/mol. The first-order valence-electron chi connectivity index (χ1n) is 18.3. The van der Waals surface area contributed by atoms with E-state index in [1.54, 1.807) is 6.07 Å². The maximum atomic E-state index is 14.2. The predicted octanol–water partition coefficient (Wildman–Crippen LogP) is 8.81. The number of hydrogen-bond donors (Lipinski definition) is 2. The Bertz CT molecular complexity index is 1750. The molecule has 3 fully saturated rings. The Balaban J connectivity index is 1.27. The average molecular weight is 647 g/mol. The van der Waals surface area contributed by atoms with Crippen LogP contribution in [0.15, 0.2) is 88.9 Å². The van der Waals surface area contributed by atoms with E-state index >= 15 is 0 Å². The van der Waals surface area contributed by atoms with Gasteiger partial charge in [-0.3, -0.25) is 0 Å². The third kappa shape index (κ3) is 4.85. The van der Waals surface area contributed by atoms with Gasteiger partial charge in [0.15, 0.2) is 0 Å². The van der Waals surface area contributed by atoms with Crippen LogP contribution in [0.5, 0.6) is 5.75 Å². The van der Waals surface area contributed by atoms with Gasteiger partial charge in [-0.05, 0) is 109 Å². The van der Waals surface area contributed by atoms with Crippen LogP contribution in [-0.4, -0.2) is 28.8 Å². The maximum Gasteiger partial charge on any atom is 0.340 e. The number of benzene rings is 2. The molecule has 250 valence electrons. The molecule has 2 N–H and O–H groups in total. The first-order valence-corrected chi connectivity index (χ1v) is 18.3. The van der Waals surface area contributed by atoms with Gasteiger partial charge in [0, 0.05) is 23.7 Å². The zero-order valence-electron chi connectivity index (χ0n) is 27.9. The normalized spacial score (nSPS) is 30.4. The Morgan fingerprint density at radius 3 is 2.50 bits per heavy atom. The van der Waals surface area contributed by atoms with Crippen LogP contribution in [0.4, 0.5) is 0 Å². The van der Waals surface area contributed by atoms with Crippen molar-refractivity contribution in [3.8, 4) is 16.9 Å². The first-order chi connectivity index (χ1) is 23.5. The molecule has 0 radical (unpaired) electrons. The molecular weight excluding hydrogens is 600 g/mol. The SMILES string of the molecule is CCCC=C1OC(=O)C2=C(c3cc(O)ccc3-c3ccccc3)C3CCC12C1C2=C(CCC31)C(=CCC(CO)C1CCCCC1)OC2=O. The zero-order valence-corrected chi connectivity index (χ0v) is 27.9. The van der Waals surface area contributed by atoms with Crippen LogP contribution < -0.4 is 0 Å². The third-order valence-electron chi connectivity index (χ3n) is 12.5. The fourth-order valence-electron chi connectivity index (χ4n) is 10.4. The summed E-state index contributed by atoms with van der Waals surface area (Å²) >= 11 is 0. The molecule has 2 heterocycles. The Morgan fingerprint density at radius 1 is 0.917 bits per heavy atom. The smallest absolute Gasteiger partial charge is 0.340 e. The summed E-state index contributed by atoms with van der Waals surface area (Å²) in [5.74, 6) is 1.52. The number of hydrogen-bond acceptors (Lipinski definition) is 6. The maximum absolute atomic E-state index is 14.2. The Labute approximate surface area is 283 Å². The van der Waals surface area contributed by atoms with E-state index in [1.807, 2.05) is 30.3 Å². The molecule has 5 atom stereocenters. The molecule has 48 heavy (non-hydrogen) atoms. The number of ether oxygens (including phenoxy) is 2. The lowest BCUT2D eigenvalue weighted by Crippen LogP contribution is -2.52. The lowest BCUT2D eigenvalue weighted by atomic mass is 9.44. The number of phenols is 1. The molecular formula is C42H46O6. The van der Waals surface area contributed by atoms with E-state index in [1.165, 1.54) is 19.3 Å². The van der Waals surface area contributed by atoms with Crippen LogP contribution in [0, 0.1) is 35.0 Å². The largest absolute Gasteiger partial charge is 0.508 e. The number of esters is 2. The summed E-state index contributed by atoms with van der Waals surface area (Å²) < 4.78 is 12.4. The van der Waals surface area contributed by atoms with Gasteiger partial charge in [0.2, 0.25) is 0 Å². The summed E-state index contributed by atoms with van der Waals surface area (Å²) in [4.78, 5) is 28.2. The summed E-state index contributed by atoms with van der Waals surface area (Å²) in [5, 5.41) is 21.1. The average Bonchev–Trinajstić information content (AvgIpc) is 3.61. The number of phenolic OH excluding ortho intramolecular Hbond substituents is 1. The van der Waals surface area contributed by atoms with Gasteiger partial charge in [-0.25, -0.2) is 9.59 Å². The lowest BCUT2D eigenvalue weighted by molar-refractivity contribution is -0.135. The number of carbonyl (C=O) groups is 2. The van der Waals surface area contributed by atoms with Crippen molar-refractivity contribution in [2.75, 3.05) is 6.61 Å². The van der Waals surface area contributed by atoms with Gasteiger partial charge in [-0.1, -0.05) is 81.8 Å². The molecule has 6 heteroatoms. The van der Waals surface area contributed by atoms with Crippen molar-refractivity contribution in [1.29, 1.82) is 0 Å². The standard InChI is InChI=1S/C42H46O6/c1-2-3-14-35-42-22-21-30(36(39(42)41(46)48-35)33-23-28(44)16-17-29(33)26-12-8-5-9-13-26)31-18-19-32-34(47-40(45)37(32)38(31)42)20-15-27(24-43)25-10-6-4-7-11-25/h5,8-9,12-14,16-17,20,23,25,27,30-31,38,43-44H,2-4,6-7,10-11,15,18-19,21-22,24H2,1H3. The van der Waals surface area contributed by atoms with E-state index < -0.39 is 5.41 Å². The monoisotopic (exact) mass is 646 g/mol. The van der Waals surface area contributed by atoms with Gasteiger partial charge in [0.1, 0.15) is 17.3 Å². The van der Waals surface area contributed by atoms with Gasteiger partial charge in [0.05, 0.1) is 11.0 Å². The molecule has 7 aliphatic rings. The van der Waals surface area contributed by atoms with Crippen molar-refractivity contribution in [1.82, 2.24) is 0 Å². The van der Waals surface area contributed by atoms with Crippen LogP contribution in [0.3, 0.4) is 0 Å². The van der Waals surface area contributed by atoms with Crippen molar-refractivity contribution in [3.63, 3.8) is 0 Å². The van der Waals surface area contributed by atoms with Crippen LogP contribution in [-0.2, 0) is 19.1 Å². The fourth-order valence-corrected chi connectivity index (χ4v) is 10.4. The van der Waals surface area contributed by atoms with Crippen LogP contribution in [0.2, 0.25) is 0 Å². The van der Waals surface area contributed by atoms with Crippen LogP contribution in [0.1, 0.15) is 89.5 Å². The number of cyclic esters (lactones) is 2. The molecule has 2 bridgehead atoms. The summed E-state index contributed by atoms with van der Waals surface area (Å²) in [5.41, 5.74) is 5.49. The molecule has 6 nitrogen and oxygen atoms in total. The van der Waals surface area contributed by atoms with Gasteiger partial charge in [0.25, 0.3) is 0 Å². The Morgan fingerprint density at radius 2 is 1.73 bits per heavy atom. The highest BCUT2D eigenvalue weighted by molar-refractivity contribution is 6.07. The van der Waals surface area contributed by atoms with Gasteiger partial charge in [-0.2, -0.15) is 0 Å². The summed E-state index contributed by atoms with van der Waals surface area (Å²) in [6.45, 7) is 2.26. The highest BCUT2D eigenvalue weighted by atomic mass is 16.5. The van der Waals surface area contributed by atoms with Crippen molar-refractivity contribution in [3.05, 3.63) is 94.5 Å². The molecule has 0 amide bonds. The highest BCUT2D eigenvalue weighted by Crippen LogP contribution is 2.72. The Kier molecular flexibility index (Phi) is 8.19. The number of allylic oxidation sites excluding steroid dienone is 5. The van der Waals surface area contributed by atoms with Crippen molar-refractivity contribution < 1.29 is 29.3 Å². The topological polar surface area (TPSA) is 93.1 Å². The zero-order chi connectivity index (χ0) is 33.0. The minimum Gasteiger partial charge on any atom is -0.508 e. The quantitative estimate of drug-likeness (QED) is 0.279. The minimum absolute atomic E-state index is 0.0363. The molecule has 1 spiro atoms. The number of rotatable bonds is 8. The minimum atomic E-state index is -0.758. The molecule has 0 aromatic heterocycles. The van der Waals surface area contributed by atoms with E-state index in [2.05, 4.69) is 31.2 Å². The summed E-state index contributed by atoms with van der Waals surface area (Å²) in [7, 11) is 0. The third-order valence-corrected chi connectivity index (χ3v) is 12.5. The van der Waals surface area contributed by atoms with E-state index in [0.29, 0.717) is 29.4 Å². The van der Waals surface area contributed by atoms with Gasteiger partial charge in [-0.15, -0.1) is 0 Å². The molecule has 9 rings (SSSR count). The summed E-state index contributed by atoms with van der Waals surface area (Å²) in [6.07, 6.45) is 15.8. The summed E-state index contributed by atoms with van der Waals surface area (Å²) in [6, 6.07) is 15.6. The van der Waals surface area contributed by atoms with E-state index in [9.17, 15) is 19.8 Å².